The zero-order valence-corrected chi connectivity index (χ0v) is 19.4. The topological polar surface area (TPSA) is 57.0 Å². The molecule has 0 aliphatic heterocycles. The van der Waals surface area contributed by atoms with Gasteiger partial charge in [-0.1, -0.05) is 48.8 Å². The molecule has 5 nitrogen and oxygen atoms in total. The highest BCUT2D eigenvalue weighted by atomic mass is 35.5. The van der Waals surface area contributed by atoms with Gasteiger partial charge >= 0.3 is 5.97 Å². The number of halogens is 2. The second kappa shape index (κ2) is 10.3. The average Bonchev–Trinajstić information content (AvgIpc) is 3.03. The molecule has 0 bridgehead atoms. The number of carbonyl (C=O) groups excluding carboxylic acids is 1. The van der Waals surface area contributed by atoms with E-state index >= 15 is 0 Å². The van der Waals surface area contributed by atoms with Gasteiger partial charge in [0.1, 0.15) is 10.9 Å². The summed E-state index contributed by atoms with van der Waals surface area (Å²) in [7, 11) is 1.40. The summed E-state index contributed by atoms with van der Waals surface area (Å²) in [6.07, 6.45) is 4.31. The number of methoxy groups -OCH3 is 1. The molecule has 0 radical (unpaired) electrons. The fourth-order valence-electron chi connectivity index (χ4n) is 3.03. The standard InChI is InChI=1S/C22H23Cl2N3O2S/c1-14(2)21-22(30-18-11-16(23)10-17(24)12-18)27(13-15-6-8-25-9-7-15)19(26-21)4-5-20(28)29-3/h6-12,14H,4-5,13H2,1-3H3. The summed E-state index contributed by atoms with van der Waals surface area (Å²) in [5.41, 5.74) is 2.08. The summed E-state index contributed by atoms with van der Waals surface area (Å²) >= 11 is 14.0. The smallest absolute Gasteiger partial charge is 0.305 e. The van der Waals surface area contributed by atoms with Gasteiger partial charge < -0.3 is 9.30 Å². The van der Waals surface area contributed by atoms with Crippen molar-refractivity contribution in [2.45, 2.75) is 49.1 Å². The number of aromatic nitrogens is 3. The van der Waals surface area contributed by atoms with Crippen molar-refractivity contribution in [1.82, 2.24) is 14.5 Å². The lowest BCUT2D eigenvalue weighted by atomic mass is 10.1. The molecule has 2 heterocycles. The van der Waals surface area contributed by atoms with Gasteiger partial charge in [0.25, 0.3) is 0 Å². The highest BCUT2D eigenvalue weighted by Gasteiger charge is 2.21. The summed E-state index contributed by atoms with van der Waals surface area (Å²) in [5, 5.41) is 2.18. The monoisotopic (exact) mass is 463 g/mol. The fourth-order valence-corrected chi connectivity index (χ4v) is 4.94. The Morgan fingerprint density at radius 3 is 2.43 bits per heavy atom. The van der Waals surface area contributed by atoms with Gasteiger partial charge in [0.15, 0.2) is 0 Å². The molecule has 0 aliphatic carbocycles. The quantitative estimate of drug-likeness (QED) is 0.382. The fraction of sp³-hybridized carbons (Fsp3) is 0.318. The lowest BCUT2D eigenvalue weighted by molar-refractivity contribution is -0.140. The van der Waals surface area contributed by atoms with Crippen molar-refractivity contribution in [2.24, 2.45) is 0 Å². The molecule has 0 spiro atoms. The Labute approximate surface area is 190 Å². The van der Waals surface area contributed by atoms with Gasteiger partial charge in [-0.05, 0) is 41.8 Å². The molecular weight excluding hydrogens is 441 g/mol. The molecule has 3 rings (SSSR count). The lowest BCUT2D eigenvalue weighted by Crippen LogP contribution is -2.10. The molecule has 30 heavy (non-hydrogen) atoms. The summed E-state index contributed by atoms with van der Waals surface area (Å²) in [6.45, 7) is 4.84. The van der Waals surface area contributed by atoms with Crippen LogP contribution in [0, 0.1) is 0 Å². The third-order valence-corrected chi connectivity index (χ3v) is 6.02. The number of imidazole rings is 1. The Hall–Kier alpha value is -2.02. The maximum Gasteiger partial charge on any atom is 0.305 e. The van der Waals surface area contributed by atoms with Crippen LogP contribution in [0.5, 0.6) is 0 Å². The minimum Gasteiger partial charge on any atom is -0.469 e. The first kappa shape index (κ1) is 22.7. The van der Waals surface area contributed by atoms with E-state index < -0.39 is 0 Å². The predicted octanol–water partition coefficient (Wildman–Crippen LogP) is 6.01. The molecule has 3 aromatic rings. The van der Waals surface area contributed by atoms with Gasteiger partial charge in [0, 0.05) is 40.3 Å². The van der Waals surface area contributed by atoms with Crippen molar-refractivity contribution >= 4 is 40.9 Å². The van der Waals surface area contributed by atoms with Crippen molar-refractivity contribution in [3.8, 4) is 0 Å². The Bertz CT molecular complexity index is 1000. The van der Waals surface area contributed by atoms with E-state index in [4.69, 9.17) is 32.9 Å². The van der Waals surface area contributed by atoms with Crippen molar-refractivity contribution in [3.05, 3.63) is 69.9 Å². The SMILES string of the molecule is COC(=O)CCc1nc(C(C)C)c(Sc2cc(Cl)cc(Cl)c2)n1Cc1ccncc1. The highest BCUT2D eigenvalue weighted by molar-refractivity contribution is 7.99. The summed E-state index contributed by atoms with van der Waals surface area (Å²) in [4.78, 5) is 21.7. The first-order chi connectivity index (χ1) is 14.4. The molecule has 0 N–H and O–H groups in total. The number of hydrogen-bond acceptors (Lipinski definition) is 5. The number of ether oxygens (including phenoxy) is 1. The minimum absolute atomic E-state index is 0.206. The molecule has 0 unspecified atom stereocenters. The third-order valence-electron chi connectivity index (χ3n) is 4.49. The van der Waals surface area contributed by atoms with E-state index in [1.54, 1.807) is 30.2 Å². The predicted molar refractivity (Wildman–Crippen MR) is 121 cm³/mol. The van der Waals surface area contributed by atoms with Crippen molar-refractivity contribution in [1.29, 1.82) is 0 Å². The van der Waals surface area contributed by atoms with Gasteiger partial charge in [-0.25, -0.2) is 4.98 Å². The summed E-state index contributed by atoms with van der Waals surface area (Å²) in [5.74, 6) is 0.796. The van der Waals surface area contributed by atoms with Crippen molar-refractivity contribution in [3.63, 3.8) is 0 Å². The van der Waals surface area contributed by atoms with E-state index in [-0.39, 0.29) is 18.3 Å². The van der Waals surface area contributed by atoms with Crippen LogP contribution < -0.4 is 0 Å². The van der Waals surface area contributed by atoms with Crippen LogP contribution in [0.1, 0.15) is 43.3 Å². The van der Waals surface area contributed by atoms with Crippen LogP contribution in [0.2, 0.25) is 10.0 Å². The Balaban J connectivity index is 2.06. The molecule has 0 saturated carbocycles. The first-order valence-electron chi connectivity index (χ1n) is 9.56. The zero-order chi connectivity index (χ0) is 21.7. The largest absolute Gasteiger partial charge is 0.469 e. The number of esters is 1. The molecule has 8 heteroatoms. The van der Waals surface area contributed by atoms with Crippen LogP contribution in [0.4, 0.5) is 0 Å². The Morgan fingerprint density at radius 1 is 1.17 bits per heavy atom. The number of hydrogen-bond donors (Lipinski definition) is 0. The highest BCUT2D eigenvalue weighted by Crippen LogP contribution is 2.37. The average molecular weight is 464 g/mol. The Morgan fingerprint density at radius 2 is 1.83 bits per heavy atom. The zero-order valence-electron chi connectivity index (χ0n) is 17.1. The second-order valence-corrected chi connectivity index (χ2v) is 9.03. The second-order valence-electron chi connectivity index (χ2n) is 7.10. The maximum atomic E-state index is 11.7. The molecule has 2 aromatic heterocycles. The van der Waals surface area contributed by atoms with Crippen molar-refractivity contribution < 1.29 is 9.53 Å². The maximum absolute atomic E-state index is 11.7. The van der Waals surface area contributed by atoms with Crippen molar-refractivity contribution in [2.75, 3.05) is 7.11 Å². The normalized spacial score (nSPS) is 11.1. The number of rotatable bonds is 8. The van der Waals surface area contributed by atoms with E-state index in [2.05, 4.69) is 23.4 Å². The van der Waals surface area contributed by atoms with Crippen LogP contribution in [0.25, 0.3) is 0 Å². The van der Waals surface area contributed by atoms with Crippen LogP contribution in [-0.2, 0) is 22.5 Å². The number of carbonyl (C=O) groups is 1. The number of benzene rings is 1. The van der Waals surface area contributed by atoms with E-state index in [1.807, 2.05) is 24.3 Å². The molecule has 0 atom stereocenters. The van der Waals surface area contributed by atoms with Crippen LogP contribution in [-0.4, -0.2) is 27.6 Å². The lowest BCUT2D eigenvalue weighted by Gasteiger charge is -2.14. The van der Waals surface area contributed by atoms with Gasteiger partial charge in [-0.15, -0.1) is 0 Å². The molecule has 158 valence electrons. The van der Waals surface area contributed by atoms with Crippen LogP contribution >= 0.6 is 35.0 Å². The van der Waals surface area contributed by atoms with Gasteiger partial charge in [-0.3, -0.25) is 9.78 Å². The molecule has 0 saturated heterocycles. The molecule has 0 aliphatic rings. The van der Waals surface area contributed by atoms with Crippen LogP contribution in [0.15, 0.2) is 52.6 Å². The molecule has 0 fully saturated rings. The first-order valence-corrected chi connectivity index (χ1v) is 11.1. The van der Waals surface area contributed by atoms with Crippen LogP contribution in [0.3, 0.4) is 0 Å². The molecule has 0 amide bonds. The molecule has 1 aromatic carbocycles. The molecular formula is C22H23Cl2N3O2S. The van der Waals surface area contributed by atoms with E-state index in [1.165, 1.54) is 7.11 Å². The van der Waals surface area contributed by atoms with Gasteiger partial charge in [0.05, 0.1) is 19.2 Å². The number of pyridine rings is 1. The third kappa shape index (κ3) is 5.78. The van der Waals surface area contributed by atoms with Gasteiger partial charge in [-0.2, -0.15) is 0 Å². The summed E-state index contributed by atoms with van der Waals surface area (Å²) in [6, 6.07) is 9.44. The number of aryl methyl sites for hydroxylation is 1. The minimum atomic E-state index is -0.254. The Kier molecular flexibility index (Phi) is 7.81. The van der Waals surface area contributed by atoms with E-state index in [9.17, 15) is 4.79 Å². The van der Waals surface area contributed by atoms with Gasteiger partial charge in [0.2, 0.25) is 0 Å². The number of nitrogens with zero attached hydrogens (tertiary/aromatic N) is 3. The summed E-state index contributed by atoms with van der Waals surface area (Å²) < 4.78 is 6.98. The van der Waals surface area contributed by atoms with E-state index in [0.29, 0.717) is 23.0 Å². The van der Waals surface area contributed by atoms with E-state index in [0.717, 1.165) is 27.0 Å².